The number of halogens is 7. The zero-order valence-corrected chi connectivity index (χ0v) is 8.55. The van der Waals surface area contributed by atoms with E-state index in [4.69, 9.17) is 5.73 Å². The van der Waals surface area contributed by atoms with Crippen LogP contribution in [0, 0.1) is 0 Å². The molecular weight excluding hydrogens is 266 g/mol. The molecule has 10 heteroatoms. The predicted molar refractivity (Wildman–Crippen MR) is 45.0 cm³/mol. The highest BCUT2D eigenvalue weighted by molar-refractivity contribution is 5.85. The molecule has 0 fully saturated rings. The van der Waals surface area contributed by atoms with Crippen molar-refractivity contribution in [2.75, 3.05) is 19.6 Å². The number of alkyl halides is 6. The van der Waals surface area contributed by atoms with E-state index in [0.29, 0.717) is 0 Å². The van der Waals surface area contributed by atoms with Crippen LogP contribution in [0.15, 0.2) is 0 Å². The lowest BCUT2D eigenvalue weighted by Crippen LogP contribution is -2.47. The van der Waals surface area contributed by atoms with Gasteiger partial charge in [0.05, 0.1) is 0 Å². The maximum absolute atomic E-state index is 11.8. The fourth-order valence-electron chi connectivity index (χ4n) is 0.804. The zero-order valence-electron chi connectivity index (χ0n) is 7.73. The standard InChI is InChI=1S/C6H8F6N2O.ClH/c7-5(8,9)3-14(2-1-13)4(15)6(10,11)12;/h1-3,13H2;1H. The van der Waals surface area contributed by atoms with E-state index in [9.17, 15) is 31.1 Å². The Kier molecular flexibility index (Phi) is 6.79. The Morgan fingerprint density at radius 3 is 1.81 bits per heavy atom. The molecule has 0 bridgehead atoms. The van der Waals surface area contributed by atoms with Gasteiger partial charge in [-0.25, -0.2) is 0 Å². The number of hydrogen-bond donors (Lipinski definition) is 1. The van der Waals surface area contributed by atoms with Gasteiger partial charge in [0.2, 0.25) is 0 Å². The van der Waals surface area contributed by atoms with Crippen molar-refractivity contribution in [2.24, 2.45) is 5.73 Å². The SMILES string of the molecule is Cl.NCCN(CC(F)(F)F)C(=O)C(F)(F)F. The Hall–Kier alpha value is -0.700. The molecule has 0 aromatic rings. The van der Waals surface area contributed by atoms with Gasteiger partial charge in [0, 0.05) is 13.1 Å². The Bertz CT molecular complexity index is 228. The molecule has 0 radical (unpaired) electrons. The number of rotatable bonds is 3. The quantitative estimate of drug-likeness (QED) is 0.789. The van der Waals surface area contributed by atoms with E-state index in [1.165, 1.54) is 0 Å². The van der Waals surface area contributed by atoms with E-state index >= 15 is 0 Å². The molecule has 2 N–H and O–H groups in total. The fourth-order valence-corrected chi connectivity index (χ4v) is 0.804. The number of carbonyl (C=O) groups excluding carboxylic acids is 1. The molecular formula is C6H9ClF6N2O. The van der Waals surface area contributed by atoms with Gasteiger partial charge >= 0.3 is 18.3 Å². The first kappa shape index (κ1) is 17.7. The van der Waals surface area contributed by atoms with Crippen molar-refractivity contribution in [2.45, 2.75) is 12.4 Å². The maximum atomic E-state index is 11.8. The summed E-state index contributed by atoms with van der Waals surface area (Å²) in [5.41, 5.74) is 4.80. The summed E-state index contributed by atoms with van der Waals surface area (Å²) in [6, 6.07) is 0. The van der Waals surface area contributed by atoms with Crippen molar-refractivity contribution in [3.05, 3.63) is 0 Å². The van der Waals surface area contributed by atoms with E-state index in [1.807, 2.05) is 0 Å². The van der Waals surface area contributed by atoms with E-state index < -0.39 is 37.9 Å². The van der Waals surface area contributed by atoms with Gasteiger partial charge in [-0.2, -0.15) is 26.3 Å². The first-order valence-corrected chi connectivity index (χ1v) is 3.71. The molecule has 0 rings (SSSR count). The summed E-state index contributed by atoms with van der Waals surface area (Å²) < 4.78 is 70.7. The summed E-state index contributed by atoms with van der Waals surface area (Å²) in [4.78, 5) is 10.1. The molecule has 0 saturated heterocycles. The first-order chi connectivity index (χ1) is 6.58. The maximum Gasteiger partial charge on any atom is 0.471 e. The van der Waals surface area contributed by atoms with Crippen LogP contribution < -0.4 is 5.73 Å². The van der Waals surface area contributed by atoms with Crippen LogP contribution in [0.5, 0.6) is 0 Å². The monoisotopic (exact) mass is 274 g/mol. The second-order valence-corrected chi connectivity index (χ2v) is 2.63. The van der Waals surface area contributed by atoms with Gasteiger partial charge in [-0.1, -0.05) is 0 Å². The van der Waals surface area contributed by atoms with E-state index in [2.05, 4.69) is 0 Å². The Balaban J connectivity index is 0. The van der Waals surface area contributed by atoms with Gasteiger partial charge in [0.1, 0.15) is 6.54 Å². The number of nitrogens with zero attached hydrogens (tertiary/aromatic N) is 1. The van der Waals surface area contributed by atoms with Gasteiger partial charge < -0.3 is 10.6 Å². The zero-order chi connectivity index (χ0) is 12.3. The molecule has 0 heterocycles. The summed E-state index contributed by atoms with van der Waals surface area (Å²) in [7, 11) is 0. The van der Waals surface area contributed by atoms with E-state index in [1.54, 1.807) is 0 Å². The molecule has 3 nitrogen and oxygen atoms in total. The molecule has 0 aliphatic rings. The minimum atomic E-state index is -5.32. The van der Waals surface area contributed by atoms with Crippen LogP contribution in [0.1, 0.15) is 0 Å². The van der Waals surface area contributed by atoms with Crippen LogP contribution in [0.3, 0.4) is 0 Å². The molecule has 0 unspecified atom stereocenters. The third-order valence-electron chi connectivity index (χ3n) is 1.30. The lowest BCUT2D eigenvalue weighted by atomic mass is 10.4. The van der Waals surface area contributed by atoms with Crippen molar-refractivity contribution in [1.29, 1.82) is 0 Å². The average Bonchev–Trinajstić information content (AvgIpc) is 1.98. The molecule has 0 aliphatic carbocycles. The Morgan fingerprint density at radius 1 is 1.12 bits per heavy atom. The topological polar surface area (TPSA) is 46.3 Å². The van der Waals surface area contributed by atoms with Gasteiger partial charge in [0.25, 0.3) is 0 Å². The molecule has 0 aliphatic heterocycles. The molecule has 0 aromatic carbocycles. The van der Waals surface area contributed by atoms with Gasteiger partial charge in [-0.05, 0) is 0 Å². The molecule has 16 heavy (non-hydrogen) atoms. The lowest BCUT2D eigenvalue weighted by Gasteiger charge is -2.23. The summed E-state index contributed by atoms with van der Waals surface area (Å²) >= 11 is 0. The molecule has 0 spiro atoms. The summed E-state index contributed by atoms with van der Waals surface area (Å²) in [6.45, 7) is -3.22. The number of amides is 1. The average molecular weight is 275 g/mol. The Labute approximate surface area is 93.0 Å². The third kappa shape index (κ3) is 6.72. The smallest absolute Gasteiger partial charge is 0.329 e. The van der Waals surface area contributed by atoms with E-state index in [0.717, 1.165) is 0 Å². The van der Waals surface area contributed by atoms with Crippen LogP contribution in [0.25, 0.3) is 0 Å². The highest BCUT2D eigenvalue weighted by atomic mass is 35.5. The predicted octanol–water partition coefficient (Wildman–Crippen LogP) is 1.32. The van der Waals surface area contributed by atoms with Crippen LogP contribution in [-0.4, -0.2) is 42.8 Å². The molecule has 1 amide bonds. The molecule has 0 saturated carbocycles. The molecule has 0 atom stereocenters. The Morgan fingerprint density at radius 2 is 1.56 bits per heavy atom. The van der Waals surface area contributed by atoms with Crippen LogP contribution >= 0.6 is 12.4 Å². The third-order valence-corrected chi connectivity index (χ3v) is 1.30. The van der Waals surface area contributed by atoms with Crippen molar-refractivity contribution < 1.29 is 31.1 Å². The van der Waals surface area contributed by atoms with Gasteiger partial charge in [-0.15, -0.1) is 12.4 Å². The van der Waals surface area contributed by atoms with Crippen molar-refractivity contribution in [3.8, 4) is 0 Å². The number of nitrogens with two attached hydrogens (primary N) is 1. The van der Waals surface area contributed by atoms with Crippen molar-refractivity contribution in [3.63, 3.8) is 0 Å². The van der Waals surface area contributed by atoms with Crippen LogP contribution in [-0.2, 0) is 4.79 Å². The fraction of sp³-hybridized carbons (Fsp3) is 0.833. The van der Waals surface area contributed by atoms with Crippen LogP contribution in [0.2, 0.25) is 0 Å². The minimum absolute atomic E-state index is 0. The normalized spacial score (nSPS) is 11.9. The van der Waals surface area contributed by atoms with Gasteiger partial charge in [-0.3, -0.25) is 4.79 Å². The molecule has 98 valence electrons. The minimum Gasteiger partial charge on any atom is -0.329 e. The summed E-state index contributed by atoms with van der Waals surface area (Å²) in [5.74, 6) is -2.54. The van der Waals surface area contributed by atoms with Gasteiger partial charge in [0.15, 0.2) is 0 Å². The van der Waals surface area contributed by atoms with Crippen molar-refractivity contribution in [1.82, 2.24) is 4.90 Å². The molecule has 0 aromatic heterocycles. The second-order valence-electron chi connectivity index (χ2n) is 2.63. The van der Waals surface area contributed by atoms with Crippen LogP contribution in [0.4, 0.5) is 26.3 Å². The highest BCUT2D eigenvalue weighted by Crippen LogP contribution is 2.22. The largest absolute Gasteiger partial charge is 0.471 e. The van der Waals surface area contributed by atoms with Crippen molar-refractivity contribution >= 4 is 18.3 Å². The first-order valence-electron chi connectivity index (χ1n) is 3.71. The summed E-state index contributed by atoms with van der Waals surface area (Å²) in [5, 5.41) is 0. The number of carbonyl (C=O) groups is 1. The second kappa shape index (κ2) is 6.14. The van der Waals surface area contributed by atoms with E-state index in [-0.39, 0.29) is 17.3 Å². The number of hydrogen-bond acceptors (Lipinski definition) is 2. The lowest BCUT2D eigenvalue weighted by molar-refractivity contribution is -0.197. The highest BCUT2D eigenvalue weighted by Gasteiger charge is 2.45. The summed E-state index contributed by atoms with van der Waals surface area (Å²) in [6.07, 6.45) is -10.2.